The lowest BCUT2D eigenvalue weighted by Crippen LogP contribution is -2.01. The summed E-state index contributed by atoms with van der Waals surface area (Å²) in [5, 5.41) is 5.53. The minimum Gasteiger partial charge on any atom is -0.235 e. The molecule has 228 valence electrons. The van der Waals surface area contributed by atoms with E-state index in [9.17, 15) is 0 Å². The van der Waals surface area contributed by atoms with Gasteiger partial charge >= 0.3 is 0 Å². The molecule has 0 amide bonds. The van der Waals surface area contributed by atoms with Gasteiger partial charge in [-0.15, -0.1) is 11.3 Å². The monoisotopic (exact) mass is 634 g/mol. The van der Waals surface area contributed by atoms with Crippen molar-refractivity contribution in [3.05, 3.63) is 164 Å². The summed E-state index contributed by atoms with van der Waals surface area (Å²) in [5.41, 5.74) is 6.94. The normalized spacial score (nSPS) is 12.0. The molecule has 0 fully saturated rings. The number of hydrogen-bond donors (Lipinski definition) is 0. The van der Waals surface area contributed by atoms with Gasteiger partial charge in [0.05, 0.1) is 10.2 Å². The van der Waals surface area contributed by atoms with E-state index < -0.39 is 0 Å². The number of aromatic nitrogens is 4. The van der Waals surface area contributed by atoms with Crippen LogP contribution < -0.4 is 0 Å². The van der Waals surface area contributed by atoms with E-state index >= 15 is 0 Å². The molecule has 0 bridgehead atoms. The summed E-state index contributed by atoms with van der Waals surface area (Å²) in [6.07, 6.45) is 7.95. The highest BCUT2D eigenvalue weighted by Crippen LogP contribution is 2.40. The predicted molar refractivity (Wildman–Crippen MR) is 203 cm³/mol. The summed E-state index contributed by atoms with van der Waals surface area (Å²) in [5.74, 6) is 1.86. The van der Waals surface area contributed by atoms with E-state index in [-0.39, 0.29) is 0 Å². The lowest BCUT2D eigenvalue weighted by Gasteiger charge is -2.11. The van der Waals surface area contributed by atoms with Crippen molar-refractivity contribution in [1.29, 1.82) is 0 Å². The Morgan fingerprint density at radius 3 is 2.12 bits per heavy atom. The fourth-order valence-corrected chi connectivity index (χ4v) is 7.07. The van der Waals surface area contributed by atoms with E-state index in [1.165, 1.54) is 10.8 Å². The molecule has 2 heterocycles. The molecule has 5 heteroatoms. The SMILES string of the molecule is C=C/C(=C\C=C/C)c1cccc(-c2nc(-c3ccccc3)nc(-c3cc4sc(-c5ccc6ccccc6c5)nc4c4ccccc34)n2)c1. The van der Waals surface area contributed by atoms with Crippen molar-refractivity contribution in [2.24, 2.45) is 0 Å². The van der Waals surface area contributed by atoms with Crippen LogP contribution in [0.2, 0.25) is 0 Å². The first-order valence-electron chi connectivity index (χ1n) is 15.9. The molecule has 0 aliphatic carbocycles. The van der Waals surface area contributed by atoms with Gasteiger partial charge < -0.3 is 0 Å². The minimum atomic E-state index is 0.612. The van der Waals surface area contributed by atoms with Crippen molar-refractivity contribution >= 4 is 48.7 Å². The van der Waals surface area contributed by atoms with E-state index in [1.54, 1.807) is 11.3 Å². The van der Waals surface area contributed by atoms with Crippen LogP contribution in [0, 0.1) is 0 Å². The Kier molecular flexibility index (Phi) is 7.73. The third-order valence-electron chi connectivity index (χ3n) is 8.45. The summed E-state index contributed by atoms with van der Waals surface area (Å²) in [6, 6.07) is 44.0. The Bertz CT molecular complexity index is 2540. The first-order chi connectivity index (χ1) is 23.7. The second-order valence-electron chi connectivity index (χ2n) is 11.5. The topological polar surface area (TPSA) is 51.6 Å². The number of hydrogen-bond acceptors (Lipinski definition) is 5. The molecule has 0 spiro atoms. The number of fused-ring (bicyclic) bond motifs is 4. The third kappa shape index (κ3) is 5.51. The molecule has 0 saturated carbocycles. The van der Waals surface area contributed by atoms with Gasteiger partial charge in [-0.1, -0.05) is 140 Å². The van der Waals surface area contributed by atoms with E-state index in [1.807, 2.05) is 67.6 Å². The van der Waals surface area contributed by atoms with Gasteiger partial charge in [0, 0.05) is 27.6 Å². The Balaban J connectivity index is 1.33. The molecule has 4 nitrogen and oxygen atoms in total. The fraction of sp³-hybridized carbons (Fsp3) is 0.0233. The van der Waals surface area contributed by atoms with Crippen molar-refractivity contribution in [1.82, 2.24) is 19.9 Å². The molecule has 0 aliphatic rings. The van der Waals surface area contributed by atoms with Crippen molar-refractivity contribution < 1.29 is 0 Å². The second kappa shape index (κ2) is 12.6. The number of nitrogens with zero attached hydrogens (tertiary/aromatic N) is 4. The van der Waals surface area contributed by atoms with Crippen molar-refractivity contribution in [2.75, 3.05) is 0 Å². The number of rotatable bonds is 7. The highest BCUT2D eigenvalue weighted by atomic mass is 32.1. The third-order valence-corrected chi connectivity index (χ3v) is 9.50. The van der Waals surface area contributed by atoms with Crippen LogP contribution in [0.25, 0.3) is 82.1 Å². The van der Waals surface area contributed by atoms with Crippen LogP contribution in [0.5, 0.6) is 0 Å². The summed E-state index contributed by atoms with van der Waals surface area (Å²) in [7, 11) is 0. The van der Waals surface area contributed by atoms with Crippen LogP contribution in [-0.2, 0) is 0 Å². The number of thiazole rings is 1. The fourth-order valence-electron chi connectivity index (χ4n) is 6.05. The lowest BCUT2D eigenvalue weighted by atomic mass is 10.0. The van der Waals surface area contributed by atoms with Gasteiger partial charge in [0.25, 0.3) is 0 Å². The first-order valence-corrected chi connectivity index (χ1v) is 16.7. The van der Waals surface area contributed by atoms with E-state index in [0.717, 1.165) is 59.4 Å². The molecule has 0 unspecified atom stereocenters. The Labute approximate surface area is 283 Å². The maximum absolute atomic E-state index is 5.19. The quantitative estimate of drug-likeness (QED) is 0.164. The van der Waals surface area contributed by atoms with Gasteiger partial charge in [0.1, 0.15) is 5.01 Å². The largest absolute Gasteiger partial charge is 0.235 e. The minimum absolute atomic E-state index is 0.612. The van der Waals surface area contributed by atoms with Gasteiger partial charge in [0.15, 0.2) is 17.5 Å². The van der Waals surface area contributed by atoms with Crippen LogP contribution in [0.15, 0.2) is 158 Å². The molecule has 0 aliphatic heterocycles. The smallest absolute Gasteiger partial charge is 0.164 e. The number of benzene rings is 6. The van der Waals surface area contributed by atoms with Crippen molar-refractivity contribution in [2.45, 2.75) is 6.92 Å². The summed E-state index contributed by atoms with van der Waals surface area (Å²) < 4.78 is 1.09. The highest BCUT2D eigenvalue weighted by Gasteiger charge is 2.18. The van der Waals surface area contributed by atoms with E-state index in [0.29, 0.717) is 17.5 Å². The zero-order valence-corrected chi connectivity index (χ0v) is 27.2. The average Bonchev–Trinajstić information content (AvgIpc) is 3.60. The second-order valence-corrected chi connectivity index (χ2v) is 12.5. The Morgan fingerprint density at radius 1 is 0.604 bits per heavy atom. The zero-order chi connectivity index (χ0) is 32.5. The molecule has 0 saturated heterocycles. The van der Waals surface area contributed by atoms with Gasteiger partial charge in [-0.3, -0.25) is 0 Å². The summed E-state index contributed by atoms with van der Waals surface area (Å²) in [4.78, 5) is 20.4. The van der Waals surface area contributed by atoms with Gasteiger partial charge in [-0.05, 0) is 52.4 Å². The summed E-state index contributed by atoms with van der Waals surface area (Å²) in [6.45, 7) is 6.04. The molecule has 0 N–H and O–H groups in total. The van der Waals surface area contributed by atoms with Crippen LogP contribution >= 0.6 is 11.3 Å². The predicted octanol–water partition coefficient (Wildman–Crippen LogP) is 11.6. The standard InChI is InChI=1S/C43H30N4S/c1-3-5-14-28(4-2)31-19-13-20-33(25-31)41-45-40(30-16-7-6-8-17-30)46-42(47-41)37-27-38-39(36-22-12-11-21-35(36)37)44-43(48-38)34-24-23-29-15-9-10-18-32(29)26-34/h3-27H,2H2,1H3/b5-3-,28-14+. The number of allylic oxidation sites excluding steroid dienone is 5. The molecular weight excluding hydrogens is 605 g/mol. The van der Waals surface area contributed by atoms with Crippen LogP contribution in [0.4, 0.5) is 0 Å². The Hall–Kier alpha value is -6.04. The summed E-state index contributed by atoms with van der Waals surface area (Å²) >= 11 is 1.69. The molecule has 0 atom stereocenters. The van der Waals surface area contributed by atoms with Gasteiger partial charge in [-0.25, -0.2) is 19.9 Å². The first kappa shape index (κ1) is 29.4. The maximum Gasteiger partial charge on any atom is 0.164 e. The molecule has 0 radical (unpaired) electrons. The van der Waals surface area contributed by atoms with Crippen molar-refractivity contribution in [3.63, 3.8) is 0 Å². The average molecular weight is 635 g/mol. The zero-order valence-electron chi connectivity index (χ0n) is 26.3. The molecule has 8 rings (SSSR count). The van der Waals surface area contributed by atoms with Gasteiger partial charge in [-0.2, -0.15) is 0 Å². The van der Waals surface area contributed by atoms with Crippen LogP contribution in [0.3, 0.4) is 0 Å². The molecule has 6 aromatic carbocycles. The molecular formula is C43H30N4S. The lowest BCUT2D eigenvalue weighted by molar-refractivity contribution is 1.08. The maximum atomic E-state index is 5.19. The molecule has 48 heavy (non-hydrogen) atoms. The molecule has 2 aromatic heterocycles. The molecule has 8 aromatic rings. The highest BCUT2D eigenvalue weighted by molar-refractivity contribution is 7.21. The van der Waals surface area contributed by atoms with Crippen molar-refractivity contribution in [3.8, 4) is 44.7 Å². The van der Waals surface area contributed by atoms with Crippen LogP contribution in [0.1, 0.15) is 12.5 Å². The van der Waals surface area contributed by atoms with Gasteiger partial charge in [0.2, 0.25) is 0 Å². The van der Waals surface area contributed by atoms with E-state index in [2.05, 4.69) is 97.6 Å². The van der Waals surface area contributed by atoms with E-state index in [4.69, 9.17) is 19.9 Å². The Morgan fingerprint density at radius 2 is 1.31 bits per heavy atom. The van der Waals surface area contributed by atoms with Crippen LogP contribution in [-0.4, -0.2) is 19.9 Å².